The summed E-state index contributed by atoms with van der Waals surface area (Å²) in [5, 5.41) is 11.9. The molecule has 0 aromatic carbocycles. The molecule has 0 aliphatic rings. The highest BCUT2D eigenvalue weighted by atomic mass is 19.1. The lowest BCUT2D eigenvalue weighted by Gasteiger charge is -2.06. The van der Waals surface area contributed by atoms with Crippen LogP contribution >= 0.6 is 0 Å². The maximum Gasteiger partial charge on any atom is 0.217 e. The molecule has 0 aliphatic heterocycles. The van der Waals surface area contributed by atoms with E-state index in [1.165, 1.54) is 12.4 Å². The van der Waals surface area contributed by atoms with Crippen LogP contribution in [0.25, 0.3) is 0 Å². The van der Waals surface area contributed by atoms with E-state index in [4.69, 9.17) is 5.11 Å². The maximum atomic E-state index is 12.6. The van der Waals surface area contributed by atoms with Gasteiger partial charge in [-0.15, -0.1) is 0 Å². The Hall–Kier alpha value is -1.23. The molecule has 14 heavy (non-hydrogen) atoms. The second kappa shape index (κ2) is 5.49. The summed E-state index contributed by atoms with van der Waals surface area (Å²) in [6.07, 6.45) is 2.43. The Balaban J connectivity index is 2.25. The molecule has 0 aliphatic carbocycles. The molecule has 1 heterocycles. The van der Waals surface area contributed by atoms with Crippen LogP contribution in [0.2, 0.25) is 0 Å². The Bertz CT molecular complexity index is 281. The number of aliphatic hydroxyl groups excluding tert-OH is 1. The number of hydrogen-bond donors (Lipinski definition) is 2. The van der Waals surface area contributed by atoms with Gasteiger partial charge in [-0.25, -0.2) is 9.97 Å². The van der Waals surface area contributed by atoms with Crippen molar-refractivity contribution < 1.29 is 9.50 Å². The number of nitrogens with zero attached hydrogens (tertiary/aromatic N) is 2. The quantitative estimate of drug-likeness (QED) is 0.552. The number of hydrogen-bond acceptors (Lipinski definition) is 4. The summed E-state index contributed by atoms with van der Waals surface area (Å²) in [5.41, 5.74) is 0. The first kappa shape index (κ1) is 10.8. The second-order valence-corrected chi connectivity index (χ2v) is 3.14. The lowest BCUT2D eigenvalue weighted by molar-refractivity contribution is 0.183. The van der Waals surface area contributed by atoms with E-state index in [0.29, 0.717) is 12.4 Å². The zero-order valence-electron chi connectivity index (χ0n) is 8.07. The summed E-state index contributed by atoms with van der Waals surface area (Å²) in [7, 11) is 0. The highest BCUT2D eigenvalue weighted by molar-refractivity contribution is 5.31. The van der Waals surface area contributed by atoms with Crippen LogP contribution in [0.5, 0.6) is 0 Å². The topological polar surface area (TPSA) is 58.0 Å². The molecule has 0 radical (unpaired) electrons. The van der Waals surface area contributed by atoms with Gasteiger partial charge in [-0.3, -0.25) is 0 Å². The van der Waals surface area contributed by atoms with Gasteiger partial charge in [0.1, 0.15) is 12.1 Å². The smallest absolute Gasteiger partial charge is 0.217 e. The average molecular weight is 199 g/mol. The molecule has 0 saturated heterocycles. The Morgan fingerprint density at radius 3 is 3.00 bits per heavy atom. The highest BCUT2D eigenvalue weighted by Gasteiger charge is 1.98. The van der Waals surface area contributed by atoms with Crippen LogP contribution in [0.4, 0.5) is 10.2 Å². The lowest BCUT2D eigenvalue weighted by Crippen LogP contribution is -2.07. The third kappa shape index (κ3) is 4.13. The summed E-state index contributed by atoms with van der Waals surface area (Å²) < 4.78 is 12.6. The molecule has 1 rings (SSSR count). The van der Waals surface area contributed by atoms with Crippen LogP contribution in [-0.4, -0.2) is 27.7 Å². The van der Waals surface area contributed by atoms with E-state index in [9.17, 15) is 4.39 Å². The van der Waals surface area contributed by atoms with E-state index in [1.54, 1.807) is 6.92 Å². The third-order valence-corrected chi connectivity index (χ3v) is 1.74. The molecule has 1 aromatic rings. The van der Waals surface area contributed by atoms with Crippen molar-refractivity contribution >= 4 is 5.82 Å². The molecule has 2 N–H and O–H groups in total. The van der Waals surface area contributed by atoms with E-state index >= 15 is 0 Å². The number of aromatic nitrogens is 2. The minimum atomic E-state index is -0.543. The van der Waals surface area contributed by atoms with E-state index in [0.717, 1.165) is 12.8 Å². The van der Waals surface area contributed by atoms with Crippen LogP contribution < -0.4 is 5.32 Å². The Labute approximate surface area is 82.2 Å². The minimum absolute atomic E-state index is 0.293. The maximum absolute atomic E-state index is 12.6. The SMILES string of the molecule is CC(O)CCCNc1cc(F)ncn1. The summed E-state index contributed by atoms with van der Waals surface area (Å²) in [4.78, 5) is 7.17. The highest BCUT2D eigenvalue weighted by Crippen LogP contribution is 2.03. The summed E-state index contributed by atoms with van der Waals surface area (Å²) in [6.45, 7) is 2.41. The van der Waals surface area contributed by atoms with Gasteiger partial charge in [0.05, 0.1) is 6.10 Å². The van der Waals surface area contributed by atoms with Gasteiger partial charge in [-0.1, -0.05) is 0 Å². The summed E-state index contributed by atoms with van der Waals surface area (Å²) >= 11 is 0. The summed E-state index contributed by atoms with van der Waals surface area (Å²) in [6, 6.07) is 1.24. The Kier molecular flexibility index (Phi) is 4.25. The predicted octanol–water partition coefficient (Wildman–Crippen LogP) is 1.19. The number of halogens is 1. The van der Waals surface area contributed by atoms with Crippen LogP contribution in [0, 0.1) is 5.95 Å². The molecule has 4 nitrogen and oxygen atoms in total. The fraction of sp³-hybridized carbons (Fsp3) is 0.556. The van der Waals surface area contributed by atoms with Crippen LogP contribution in [-0.2, 0) is 0 Å². The lowest BCUT2D eigenvalue weighted by atomic mass is 10.2. The normalized spacial score (nSPS) is 12.5. The van der Waals surface area contributed by atoms with Gasteiger partial charge in [0.2, 0.25) is 5.95 Å². The minimum Gasteiger partial charge on any atom is -0.393 e. The van der Waals surface area contributed by atoms with Gasteiger partial charge < -0.3 is 10.4 Å². The van der Waals surface area contributed by atoms with Crippen molar-refractivity contribution in [1.29, 1.82) is 0 Å². The van der Waals surface area contributed by atoms with Crippen molar-refractivity contribution in [1.82, 2.24) is 9.97 Å². The summed E-state index contributed by atoms with van der Waals surface area (Å²) in [5.74, 6) is -0.0684. The predicted molar refractivity (Wildman–Crippen MR) is 51.4 cm³/mol. The van der Waals surface area contributed by atoms with E-state index in [2.05, 4.69) is 15.3 Å². The van der Waals surface area contributed by atoms with Gasteiger partial charge >= 0.3 is 0 Å². The zero-order valence-corrected chi connectivity index (χ0v) is 8.07. The molecule has 0 bridgehead atoms. The second-order valence-electron chi connectivity index (χ2n) is 3.14. The zero-order chi connectivity index (χ0) is 10.4. The van der Waals surface area contributed by atoms with Gasteiger partial charge in [-0.2, -0.15) is 4.39 Å². The van der Waals surface area contributed by atoms with Crippen molar-refractivity contribution in [2.24, 2.45) is 0 Å². The van der Waals surface area contributed by atoms with Crippen molar-refractivity contribution in [3.05, 3.63) is 18.3 Å². The van der Waals surface area contributed by atoms with Gasteiger partial charge in [0.15, 0.2) is 0 Å². The molecular formula is C9H14FN3O. The van der Waals surface area contributed by atoms with Crippen molar-refractivity contribution in [2.75, 3.05) is 11.9 Å². The molecule has 0 spiro atoms. The first-order valence-electron chi connectivity index (χ1n) is 4.58. The third-order valence-electron chi connectivity index (χ3n) is 1.74. The van der Waals surface area contributed by atoms with Crippen molar-refractivity contribution in [2.45, 2.75) is 25.9 Å². The Morgan fingerprint density at radius 2 is 2.36 bits per heavy atom. The van der Waals surface area contributed by atoms with Gasteiger partial charge in [-0.05, 0) is 19.8 Å². The number of aliphatic hydroxyl groups is 1. The fourth-order valence-corrected chi connectivity index (χ4v) is 1.04. The van der Waals surface area contributed by atoms with Crippen LogP contribution in [0.15, 0.2) is 12.4 Å². The van der Waals surface area contributed by atoms with Crippen molar-refractivity contribution in [3.8, 4) is 0 Å². The number of anilines is 1. The molecule has 1 atom stereocenters. The molecule has 1 aromatic heterocycles. The molecule has 0 saturated carbocycles. The van der Waals surface area contributed by atoms with Gasteiger partial charge in [0.25, 0.3) is 0 Å². The number of nitrogens with one attached hydrogen (secondary N) is 1. The Morgan fingerprint density at radius 1 is 1.57 bits per heavy atom. The van der Waals surface area contributed by atoms with Crippen LogP contribution in [0.1, 0.15) is 19.8 Å². The molecule has 78 valence electrons. The van der Waals surface area contributed by atoms with E-state index < -0.39 is 5.95 Å². The monoisotopic (exact) mass is 199 g/mol. The molecule has 5 heteroatoms. The first-order valence-corrected chi connectivity index (χ1v) is 4.58. The van der Waals surface area contributed by atoms with Crippen molar-refractivity contribution in [3.63, 3.8) is 0 Å². The molecule has 1 unspecified atom stereocenters. The van der Waals surface area contributed by atoms with Crippen LogP contribution in [0.3, 0.4) is 0 Å². The molecular weight excluding hydrogens is 185 g/mol. The largest absolute Gasteiger partial charge is 0.393 e. The molecule has 0 fully saturated rings. The standard InChI is InChI=1S/C9H14FN3O/c1-7(14)3-2-4-11-9-5-8(10)12-6-13-9/h5-7,14H,2-4H2,1H3,(H,11,12,13). The first-order chi connectivity index (χ1) is 6.68. The number of rotatable bonds is 5. The molecule has 0 amide bonds. The van der Waals surface area contributed by atoms with E-state index in [-0.39, 0.29) is 6.10 Å². The van der Waals surface area contributed by atoms with Gasteiger partial charge in [0, 0.05) is 12.6 Å². The fourth-order valence-electron chi connectivity index (χ4n) is 1.04. The average Bonchev–Trinajstić information content (AvgIpc) is 2.12. The van der Waals surface area contributed by atoms with E-state index in [1.807, 2.05) is 0 Å².